The van der Waals surface area contributed by atoms with E-state index >= 15 is 0 Å². The van der Waals surface area contributed by atoms with E-state index in [0.717, 1.165) is 0 Å². The van der Waals surface area contributed by atoms with Crippen LogP contribution in [0.4, 0.5) is 0 Å². The summed E-state index contributed by atoms with van der Waals surface area (Å²) in [5.41, 5.74) is 0. The van der Waals surface area contributed by atoms with E-state index in [1.807, 2.05) is 0 Å². The van der Waals surface area contributed by atoms with E-state index in [9.17, 15) is 8.42 Å². The van der Waals surface area contributed by atoms with Crippen molar-refractivity contribution in [2.45, 2.75) is 20.0 Å². The SMILES string of the molecule is CC(C)OS(=O)(=O)[SiH3]. The minimum Gasteiger partial charge on any atom is -0.274 e. The first-order valence-electron chi connectivity index (χ1n) is 2.30. The fourth-order valence-electron chi connectivity index (χ4n) is 0.350. The minimum atomic E-state index is -3.08. The number of hydrogen-bond acceptors (Lipinski definition) is 3. The molecule has 0 aromatic carbocycles. The summed E-state index contributed by atoms with van der Waals surface area (Å²) in [6.07, 6.45) is -0.211. The first kappa shape index (κ1) is 8.13. The van der Waals surface area contributed by atoms with Crippen LogP contribution in [0.3, 0.4) is 0 Å². The maximum absolute atomic E-state index is 10.3. The van der Waals surface area contributed by atoms with Crippen molar-refractivity contribution in [2.24, 2.45) is 0 Å². The second-order valence-electron chi connectivity index (χ2n) is 1.85. The number of hydrogen-bond donors (Lipinski definition) is 0. The largest absolute Gasteiger partial charge is 0.274 e. The molecular formula is C3H10O3SSi. The van der Waals surface area contributed by atoms with Gasteiger partial charge in [-0.25, -0.2) is 8.42 Å². The molecule has 0 aromatic rings. The summed E-state index contributed by atoms with van der Waals surface area (Å²) in [5, 5.41) is 0. The minimum absolute atomic E-state index is 0.0759. The Morgan fingerprint density at radius 3 is 1.88 bits per heavy atom. The lowest BCUT2D eigenvalue weighted by molar-refractivity contribution is 0.257. The molecule has 0 saturated carbocycles. The van der Waals surface area contributed by atoms with E-state index in [1.165, 1.54) is 0 Å². The van der Waals surface area contributed by atoms with Gasteiger partial charge >= 0.3 is 0 Å². The zero-order valence-corrected chi connectivity index (χ0v) is 8.03. The predicted molar refractivity (Wildman–Crippen MR) is 35.1 cm³/mol. The van der Waals surface area contributed by atoms with Gasteiger partial charge in [0, 0.05) is 0 Å². The normalized spacial score (nSPS) is 12.9. The average Bonchev–Trinajstić information content (AvgIpc) is 1.21. The molecule has 0 aromatic heterocycles. The van der Waals surface area contributed by atoms with Gasteiger partial charge in [0.25, 0.3) is 0 Å². The van der Waals surface area contributed by atoms with Gasteiger partial charge in [0.1, 0.15) is 0 Å². The Morgan fingerprint density at radius 2 is 1.88 bits per heavy atom. The maximum Gasteiger partial charge on any atom is 0.219 e. The molecule has 0 fully saturated rings. The molecule has 0 spiro atoms. The predicted octanol–water partition coefficient (Wildman–Crippen LogP) is -0.978. The van der Waals surface area contributed by atoms with Crippen LogP contribution in [0.2, 0.25) is 0 Å². The summed E-state index contributed by atoms with van der Waals surface area (Å²) < 4.78 is 25.0. The molecule has 0 atom stereocenters. The summed E-state index contributed by atoms with van der Waals surface area (Å²) in [6.45, 7) is 3.38. The lowest BCUT2D eigenvalue weighted by Crippen LogP contribution is -2.10. The van der Waals surface area contributed by atoms with Crippen LogP contribution >= 0.6 is 0 Å². The van der Waals surface area contributed by atoms with Crippen LogP contribution in [0.15, 0.2) is 0 Å². The van der Waals surface area contributed by atoms with Crippen LogP contribution in [-0.4, -0.2) is 23.9 Å². The first-order valence-corrected chi connectivity index (χ1v) is 6.56. The Balaban J connectivity index is 3.75. The van der Waals surface area contributed by atoms with Crippen LogP contribution in [0.5, 0.6) is 0 Å². The van der Waals surface area contributed by atoms with Crippen molar-refractivity contribution in [1.82, 2.24) is 0 Å². The molecule has 0 heterocycles. The Hall–Kier alpha value is 0.127. The van der Waals surface area contributed by atoms with Crippen molar-refractivity contribution in [3.05, 3.63) is 0 Å². The third-order valence-electron chi connectivity index (χ3n) is 0.367. The highest BCUT2D eigenvalue weighted by atomic mass is 32.4. The second-order valence-corrected chi connectivity index (χ2v) is 6.45. The second kappa shape index (κ2) is 2.61. The van der Waals surface area contributed by atoms with Gasteiger partial charge in [-0.05, 0) is 13.8 Å². The van der Waals surface area contributed by atoms with Crippen LogP contribution in [-0.2, 0) is 13.8 Å². The van der Waals surface area contributed by atoms with Gasteiger partial charge in [-0.2, -0.15) is 0 Å². The van der Waals surface area contributed by atoms with E-state index < -0.39 is 9.57 Å². The highest BCUT2D eigenvalue weighted by Crippen LogP contribution is 1.92. The molecule has 0 aliphatic heterocycles. The third kappa shape index (κ3) is 6.13. The van der Waals surface area contributed by atoms with Gasteiger partial charge in [-0.1, -0.05) is 0 Å². The highest BCUT2D eigenvalue weighted by Gasteiger charge is 2.02. The molecule has 0 bridgehead atoms. The molecule has 0 unspecified atom stereocenters. The Labute approximate surface area is 52.2 Å². The third-order valence-corrected chi connectivity index (χ3v) is 1.68. The molecule has 3 nitrogen and oxygen atoms in total. The van der Waals surface area contributed by atoms with Crippen molar-refractivity contribution < 1.29 is 12.6 Å². The van der Waals surface area contributed by atoms with E-state index in [-0.39, 0.29) is 15.5 Å². The number of rotatable bonds is 2. The summed E-state index contributed by atoms with van der Waals surface area (Å²) in [7, 11) is -3.01. The zero-order chi connectivity index (χ0) is 6.78. The Bertz CT molecular complexity index is 148. The van der Waals surface area contributed by atoms with Gasteiger partial charge in [-0.15, -0.1) is 0 Å². The van der Waals surface area contributed by atoms with Gasteiger partial charge in [0.15, 0.2) is 9.39 Å². The summed E-state index contributed by atoms with van der Waals surface area (Å²) >= 11 is 0. The molecule has 0 amide bonds. The summed E-state index contributed by atoms with van der Waals surface area (Å²) in [6, 6.07) is 0. The lowest BCUT2D eigenvalue weighted by Gasteiger charge is -2.02. The molecule has 8 heavy (non-hydrogen) atoms. The maximum atomic E-state index is 10.3. The van der Waals surface area contributed by atoms with Crippen LogP contribution < -0.4 is 0 Å². The standard InChI is InChI=1S/C3H10O3SSi/c1-3(2)6-7(4,5)8/h3H,1-2,8H3. The Morgan fingerprint density at radius 1 is 1.50 bits per heavy atom. The smallest absolute Gasteiger partial charge is 0.219 e. The van der Waals surface area contributed by atoms with Crippen LogP contribution in [0.25, 0.3) is 0 Å². The average molecular weight is 154 g/mol. The van der Waals surface area contributed by atoms with Crippen molar-refractivity contribution >= 4 is 19.0 Å². The molecule has 0 rings (SSSR count). The molecule has 5 heteroatoms. The monoisotopic (exact) mass is 154 g/mol. The van der Waals surface area contributed by atoms with Gasteiger partial charge in [0.2, 0.25) is 9.57 Å². The van der Waals surface area contributed by atoms with Gasteiger partial charge in [-0.3, -0.25) is 4.18 Å². The molecule has 0 radical (unpaired) electrons. The van der Waals surface area contributed by atoms with E-state index in [1.54, 1.807) is 13.8 Å². The zero-order valence-electron chi connectivity index (χ0n) is 5.21. The van der Waals surface area contributed by atoms with Crippen molar-refractivity contribution in [3.63, 3.8) is 0 Å². The molecule has 0 aliphatic rings. The summed E-state index contributed by atoms with van der Waals surface area (Å²) in [5.74, 6) is 0. The van der Waals surface area contributed by atoms with Gasteiger partial charge < -0.3 is 0 Å². The first-order chi connectivity index (χ1) is 3.42. The van der Waals surface area contributed by atoms with Crippen molar-refractivity contribution in [3.8, 4) is 0 Å². The van der Waals surface area contributed by atoms with Crippen molar-refractivity contribution in [2.75, 3.05) is 0 Å². The Kier molecular flexibility index (Phi) is 2.65. The molecule has 0 saturated heterocycles. The fourth-order valence-corrected chi connectivity index (χ4v) is 2.20. The van der Waals surface area contributed by atoms with Crippen LogP contribution in [0.1, 0.15) is 13.8 Å². The van der Waals surface area contributed by atoms with Crippen molar-refractivity contribution in [1.29, 1.82) is 0 Å². The molecular weight excluding hydrogens is 144 g/mol. The quantitative estimate of drug-likeness (QED) is 0.480. The fraction of sp³-hybridized carbons (Fsp3) is 1.00. The van der Waals surface area contributed by atoms with E-state index in [4.69, 9.17) is 0 Å². The molecule has 0 aliphatic carbocycles. The topological polar surface area (TPSA) is 43.4 Å². The van der Waals surface area contributed by atoms with Crippen LogP contribution in [0, 0.1) is 0 Å². The highest BCUT2D eigenvalue weighted by molar-refractivity contribution is 8.08. The lowest BCUT2D eigenvalue weighted by atomic mass is 10.5. The van der Waals surface area contributed by atoms with E-state index in [0.29, 0.717) is 0 Å². The van der Waals surface area contributed by atoms with E-state index in [2.05, 4.69) is 4.18 Å². The van der Waals surface area contributed by atoms with Gasteiger partial charge in [0.05, 0.1) is 6.10 Å². The molecule has 50 valence electrons. The summed E-state index contributed by atoms with van der Waals surface area (Å²) in [4.78, 5) is 0. The molecule has 0 N–H and O–H groups in total.